The number of carbonyl (C=O) groups is 1. The third-order valence-corrected chi connectivity index (χ3v) is 3.49. The van der Waals surface area contributed by atoms with E-state index in [-0.39, 0.29) is 0 Å². The van der Waals surface area contributed by atoms with Gasteiger partial charge in [0.2, 0.25) is 0 Å². The Morgan fingerprint density at radius 3 is 1.64 bits per heavy atom. The molecule has 1 N–H and O–H groups in total. The van der Waals surface area contributed by atoms with Gasteiger partial charge in [0, 0.05) is 6.42 Å². The molecule has 0 aliphatic heterocycles. The van der Waals surface area contributed by atoms with Gasteiger partial charge in [-0.15, -0.1) is 0 Å². The second-order valence-corrected chi connectivity index (χ2v) is 5.68. The maximum Gasteiger partial charge on any atom is 0.303 e. The second kappa shape index (κ2) is 17.7. The zero-order chi connectivity index (χ0) is 16.3. The summed E-state index contributed by atoms with van der Waals surface area (Å²) in [6.45, 7) is 2.17. The molecule has 2 nitrogen and oxygen atoms in total. The Morgan fingerprint density at radius 2 is 1.14 bits per heavy atom. The molecular weight excluding hydrogens is 272 g/mol. The van der Waals surface area contributed by atoms with Crippen LogP contribution in [0.5, 0.6) is 0 Å². The Bertz CT molecular complexity index is 327. The molecule has 0 saturated carbocycles. The van der Waals surface area contributed by atoms with Crippen LogP contribution in [0.4, 0.5) is 0 Å². The molecule has 0 radical (unpaired) electrons. The minimum atomic E-state index is -0.681. The fourth-order valence-electron chi connectivity index (χ4n) is 2.19. The van der Waals surface area contributed by atoms with Crippen molar-refractivity contribution < 1.29 is 9.90 Å². The maximum absolute atomic E-state index is 10.3. The number of rotatable bonds is 15. The van der Waals surface area contributed by atoms with Crippen LogP contribution < -0.4 is 0 Å². The summed E-state index contributed by atoms with van der Waals surface area (Å²) in [5, 5.41) is 8.52. The summed E-state index contributed by atoms with van der Waals surface area (Å²) in [4.78, 5) is 10.3. The van der Waals surface area contributed by atoms with Gasteiger partial charge in [-0.1, -0.05) is 49.8 Å². The van der Waals surface area contributed by atoms with E-state index in [0.717, 1.165) is 44.9 Å². The maximum atomic E-state index is 10.3. The summed E-state index contributed by atoms with van der Waals surface area (Å²) in [6.07, 6.45) is 26.3. The summed E-state index contributed by atoms with van der Waals surface area (Å²) in [5.41, 5.74) is 0. The van der Waals surface area contributed by atoms with Crippen LogP contribution in [0.3, 0.4) is 0 Å². The predicted molar refractivity (Wildman–Crippen MR) is 96.1 cm³/mol. The lowest BCUT2D eigenvalue weighted by Crippen LogP contribution is -1.93. The van der Waals surface area contributed by atoms with Crippen LogP contribution in [0, 0.1) is 0 Å². The molecule has 0 amide bonds. The van der Waals surface area contributed by atoms with E-state index < -0.39 is 5.97 Å². The molecule has 0 atom stereocenters. The summed E-state index contributed by atoms with van der Waals surface area (Å²) < 4.78 is 0. The van der Waals surface area contributed by atoms with Crippen molar-refractivity contribution in [3.8, 4) is 0 Å². The topological polar surface area (TPSA) is 37.3 Å². The summed E-state index contributed by atoms with van der Waals surface area (Å²) in [6, 6.07) is 0. The second-order valence-electron chi connectivity index (χ2n) is 5.68. The number of hydrogen-bond acceptors (Lipinski definition) is 1. The Hall–Kier alpha value is -1.31. The van der Waals surface area contributed by atoms with Crippen molar-refractivity contribution in [1.82, 2.24) is 0 Å². The van der Waals surface area contributed by atoms with Gasteiger partial charge >= 0.3 is 5.97 Å². The highest BCUT2D eigenvalue weighted by atomic mass is 16.4. The Morgan fingerprint density at radius 1 is 0.682 bits per heavy atom. The molecule has 2 heteroatoms. The van der Waals surface area contributed by atoms with Gasteiger partial charge in [-0.25, -0.2) is 0 Å². The van der Waals surface area contributed by atoms with Crippen molar-refractivity contribution in [2.24, 2.45) is 0 Å². The first kappa shape index (κ1) is 20.7. The average Bonchev–Trinajstić information content (AvgIpc) is 2.50. The normalized spacial score (nSPS) is 12.0. The molecule has 0 heterocycles. The molecule has 0 aromatic heterocycles. The minimum Gasteiger partial charge on any atom is -0.481 e. The molecule has 0 unspecified atom stereocenters. The van der Waals surface area contributed by atoms with Crippen LogP contribution in [0.1, 0.15) is 84.0 Å². The molecule has 0 spiro atoms. The molecule has 126 valence electrons. The number of hydrogen-bond donors (Lipinski definition) is 1. The van der Waals surface area contributed by atoms with Gasteiger partial charge in [0.05, 0.1) is 0 Å². The zero-order valence-electron chi connectivity index (χ0n) is 14.3. The number of allylic oxidation sites excluding steroid dienone is 6. The number of unbranched alkanes of at least 4 members (excludes halogenated alkanes) is 7. The highest BCUT2D eigenvalue weighted by Crippen LogP contribution is 2.05. The minimum absolute atomic E-state index is 0.309. The fraction of sp³-hybridized carbons (Fsp3) is 0.650. The van der Waals surface area contributed by atoms with Crippen LogP contribution in [-0.4, -0.2) is 11.1 Å². The monoisotopic (exact) mass is 306 g/mol. The van der Waals surface area contributed by atoms with Gasteiger partial charge in [0.15, 0.2) is 0 Å². The van der Waals surface area contributed by atoms with Crippen LogP contribution in [0.25, 0.3) is 0 Å². The van der Waals surface area contributed by atoms with Crippen molar-refractivity contribution in [2.45, 2.75) is 84.0 Å². The van der Waals surface area contributed by atoms with E-state index in [4.69, 9.17) is 5.11 Å². The first-order chi connectivity index (χ1) is 10.8. The molecular formula is C20H34O2. The Balaban J connectivity index is 3.23. The zero-order valence-corrected chi connectivity index (χ0v) is 14.3. The molecule has 0 rings (SSSR count). The van der Waals surface area contributed by atoms with E-state index in [1.54, 1.807) is 0 Å². The molecule has 0 saturated heterocycles. The first-order valence-electron chi connectivity index (χ1n) is 8.94. The Kier molecular flexibility index (Phi) is 16.7. The average molecular weight is 306 g/mol. The highest BCUT2D eigenvalue weighted by Gasteiger charge is 1.94. The van der Waals surface area contributed by atoms with Crippen molar-refractivity contribution >= 4 is 5.97 Å². The van der Waals surface area contributed by atoms with Crippen LogP contribution in [0.15, 0.2) is 36.5 Å². The third-order valence-electron chi connectivity index (χ3n) is 3.49. The number of aliphatic carboxylic acids is 1. The standard InChI is InChI=1S/C20H34O2/c1-2-3-4-5-6-7-8-9-10-11-12-13-14-15-16-17-18-19-20(21)22/h3-4,9-10,13-14H,2,5-8,11-12,15-19H2,1H3,(H,21,22). The molecule has 0 aromatic rings. The quantitative estimate of drug-likeness (QED) is 0.279. The van der Waals surface area contributed by atoms with E-state index >= 15 is 0 Å². The van der Waals surface area contributed by atoms with Crippen LogP contribution in [-0.2, 0) is 4.79 Å². The van der Waals surface area contributed by atoms with E-state index in [0.29, 0.717) is 6.42 Å². The predicted octanol–water partition coefficient (Wildman–Crippen LogP) is 6.44. The summed E-state index contributed by atoms with van der Waals surface area (Å²) in [5.74, 6) is -0.681. The lowest BCUT2D eigenvalue weighted by Gasteiger charge is -1.95. The van der Waals surface area contributed by atoms with E-state index in [9.17, 15) is 4.79 Å². The largest absolute Gasteiger partial charge is 0.481 e. The van der Waals surface area contributed by atoms with Crippen molar-refractivity contribution in [3.63, 3.8) is 0 Å². The third kappa shape index (κ3) is 18.7. The number of carboxylic acid groups (broad SMARTS) is 1. The van der Waals surface area contributed by atoms with Crippen LogP contribution in [0.2, 0.25) is 0 Å². The van der Waals surface area contributed by atoms with Crippen LogP contribution >= 0.6 is 0 Å². The van der Waals surface area contributed by atoms with Crippen molar-refractivity contribution in [3.05, 3.63) is 36.5 Å². The summed E-state index contributed by atoms with van der Waals surface area (Å²) >= 11 is 0. The van der Waals surface area contributed by atoms with E-state index in [1.165, 1.54) is 25.7 Å². The molecule has 0 fully saturated rings. The van der Waals surface area contributed by atoms with Gasteiger partial charge in [-0.05, 0) is 64.2 Å². The van der Waals surface area contributed by atoms with Crippen molar-refractivity contribution in [1.29, 1.82) is 0 Å². The smallest absolute Gasteiger partial charge is 0.303 e. The van der Waals surface area contributed by atoms with Gasteiger partial charge in [-0.2, -0.15) is 0 Å². The molecule has 22 heavy (non-hydrogen) atoms. The van der Waals surface area contributed by atoms with Crippen molar-refractivity contribution in [2.75, 3.05) is 0 Å². The van der Waals surface area contributed by atoms with E-state index in [2.05, 4.69) is 43.4 Å². The van der Waals surface area contributed by atoms with Gasteiger partial charge in [-0.3, -0.25) is 4.79 Å². The number of carboxylic acids is 1. The molecule has 0 aliphatic rings. The van der Waals surface area contributed by atoms with E-state index in [1.807, 2.05) is 0 Å². The Labute approximate surface area is 137 Å². The first-order valence-corrected chi connectivity index (χ1v) is 8.94. The lowest BCUT2D eigenvalue weighted by molar-refractivity contribution is -0.137. The van der Waals surface area contributed by atoms with Gasteiger partial charge in [0.1, 0.15) is 0 Å². The lowest BCUT2D eigenvalue weighted by atomic mass is 10.1. The molecule has 0 aromatic carbocycles. The van der Waals surface area contributed by atoms with Gasteiger partial charge < -0.3 is 5.11 Å². The van der Waals surface area contributed by atoms with Gasteiger partial charge in [0.25, 0.3) is 0 Å². The SMILES string of the molecule is CCC=CCCCCC=CCCC=CCCCCCC(=O)O. The highest BCUT2D eigenvalue weighted by molar-refractivity contribution is 5.66. The molecule has 0 aliphatic carbocycles. The summed E-state index contributed by atoms with van der Waals surface area (Å²) in [7, 11) is 0. The fourth-order valence-corrected chi connectivity index (χ4v) is 2.19. The molecule has 0 bridgehead atoms.